The number of nitrogens with zero attached hydrogens (tertiary/aromatic N) is 1. The van der Waals surface area contributed by atoms with Crippen LogP contribution in [0.5, 0.6) is 5.75 Å². The number of sulfone groups is 1. The van der Waals surface area contributed by atoms with E-state index in [4.69, 9.17) is 4.74 Å². The van der Waals surface area contributed by atoms with E-state index < -0.39 is 15.7 Å². The summed E-state index contributed by atoms with van der Waals surface area (Å²) in [4.78, 5) is 16.3. The van der Waals surface area contributed by atoms with Gasteiger partial charge in [-0.05, 0) is 18.2 Å². The molecule has 1 amide bonds. The van der Waals surface area contributed by atoms with Crippen molar-refractivity contribution in [3.05, 3.63) is 40.9 Å². The number of methoxy groups -OCH3 is 1. The molecule has 3 rings (SSSR count). The zero-order valence-corrected chi connectivity index (χ0v) is 14.9. The van der Waals surface area contributed by atoms with E-state index in [1.54, 1.807) is 5.38 Å². The average Bonchev–Trinajstić information content (AvgIpc) is 3.13. The largest absolute Gasteiger partial charge is 0.496 e. The molecule has 0 fully saturated rings. The van der Waals surface area contributed by atoms with Gasteiger partial charge < -0.3 is 10.1 Å². The quantitative estimate of drug-likeness (QED) is 0.859. The van der Waals surface area contributed by atoms with Gasteiger partial charge in [0.1, 0.15) is 11.6 Å². The first-order valence-corrected chi connectivity index (χ1v) is 9.96. The predicted molar refractivity (Wildman–Crippen MR) is 93.7 cm³/mol. The van der Waals surface area contributed by atoms with Crippen molar-refractivity contribution in [2.24, 2.45) is 5.92 Å². The van der Waals surface area contributed by atoms with Crippen LogP contribution in [0.1, 0.15) is 6.42 Å². The molecule has 0 saturated carbocycles. The van der Waals surface area contributed by atoms with E-state index in [0.29, 0.717) is 22.1 Å². The number of benzene rings is 1. The Morgan fingerprint density at radius 1 is 1.48 bits per heavy atom. The number of amides is 1. The third-order valence-corrected chi connectivity index (χ3v) is 5.86. The van der Waals surface area contributed by atoms with Crippen LogP contribution >= 0.6 is 11.3 Å². The van der Waals surface area contributed by atoms with Crippen molar-refractivity contribution in [3.8, 4) is 17.0 Å². The second-order valence-corrected chi connectivity index (χ2v) is 8.34. The summed E-state index contributed by atoms with van der Waals surface area (Å²) in [5.41, 5.74) is 0.976. The fraction of sp³-hybridized carbons (Fsp3) is 0.250. The minimum absolute atomic E-state index is 0.0516. The van der Waals surface area contributed by atoms with E-state index in [1.165, 1.54) is 42.7 Å². The van der Waals surface area contributed by atoms with Gasteiger partial charge in [-0.2, -0.15) is 0 Å². The molecule has 0 spiro atoms. The number of carbonyl (C=O) groups excluding carboxylic acids is 1. The van der Waals surface area contributed by atoms with Gasteiger partial charge in [0.05, 0.1) is 18.6 Å². The number of thiazole rings is 1. The first-order chi connectivity index (χ1) is 11.9. The van der Waals surface area contributed by atoms with Crippen molar-refractivity contribution in [2.75, 3.05) is 18.2 Å². The number of anilines is 1. The van der Waals surface area contributed by atoms with Gasteiger partial charge in [-0.1, -0.05) is 6.08 Å². The Labute approximate surface area is 148 Å². The van der Waals surface area contributed by atoms with Crippen molar-refractivity contribution >= 4 is 32.2 Å². The normalized spacial score (nSPS) is 18.2. The van der Waals surface area contributed by atoms with Crippen molar-refractivity contribution < 1.29 is 22.3 Å². The molecule has 9 heteroatoms. The highest BCUT2D eigenvalue weighted by Crippen LogP contribution is 2.33. The van der Waals surface area contributed by atoms with E-state index in [2.05, 4.69) is 10.3 Å². The molecule has 1 aliphatic rings. The number of allylic oxidation sites excluding steroid dienone is 1. The molecule has 1 aromatic heterocycles. The van der Waals surface area contributed by atoms with Gasteiger partial charge in [-0.25, -0.2) is 17.8 Å². The molecule has 1 atom stereocenters. The Balaban J connectivity index is 1.69. The number of ether oxygens (including phenoxy) is 1. The highest BCUT2D eigenvalue weighted by atomic mass is 32.2. The van der Waals surface area contributed by atoms with E-state index in [9.17, 15) is 17.6 Å². The second-order valence-electron chi connectivity index (χ2n) is 5.55. The van der Waals surface area contributed by atoms with Crippen LogP contribution in [0.4, 0.5) is 9.52 Å². The number of aromatic nitrogens is 1. The van der Waals surface area contributed by atoms with Gasteiger partial charge in [0.15, 0.2) is 15.0 Å². The molecule has 2 heterocycles. The van der Waals surface area contributed by atoms with Crippen LogP contribution in [0.3, 0.4) is 0 Å². The number of carbonyl (C=O) groups is 1. The van der Waals surface area contributed by atoms with Gasteiger partial charge in [0.25, 0.3) is 0 Å². The Bertz CT molecular complexity index is 937. The van der Waals surface area contributed by atoms with Crippen molar-refractivity contribution in [3.63, 3.8) is 0 Å². The predicted octanol–water partition coefficient (Wildman–Crippen LogP) is 2.84. The first kappa shape index (κ1) is 17.6. The van der Waals surface area contributed by atoms with Gasteiger partial charge >= 0.3 is 0 Å². The smallest absolute Gasteiger partial charge is 0.226 e. The maximum absolute atomic E-state index is 13.5. The van der Waals surface area contributed by atoms with Crippen LogP contribution in [0.25, 0.3) is 11.3 Å². The van der Waals surface area contributed by atoms with Gasteiger partial charge in [0, 0.05) is 28.7 Å². The maximum Gasteiger partial charge on any atom is 0.226 e. The van der Waals surface area contributed by atoms with Gasteiger partial charge in [0.2, 0.25) is 5.91 Å². The molecule has 132 valence electrons. The average molecular weight is 382 g/mol. The Morgan fingerprint density at radius 2 is 2.28 bits per heavy atom. The molecule has 0 saturated heterocycles. The van der Waals surface area contributed by atoms with E-state index >= 15 is 0 Å². The standard InChI is InChI=1S/C16H15FN2O4S2/c1-23-14-3-2-11(17)7-12(14)13-8-24-16(18-13)19-15(20)6-10-4-5-25(21,22)9-10/h2-5,7-8,10H,6,9H2,1H3,(H,18,19,20). The summed E-state index contributed by atoms with van der Waals surface area (Å²) in [5, 5.41) is 5.83. The van der Waals surface area contributed by atoms with E-state index in [-0.39, 0.29) is 24.0 Å². The summed E-state index contributed by atoms with van der Waals surface area (Å²) in [6.07, 6.45) is 1.59. The molecular formula is C16H15FN2O4S2. The molecule has 1 unspecified atom stereocenters. The zero-order valence-electron chi connectivity index (χ0n) is 13.2. The minimum Gasteiger partial charge on any atom is -0.496 e. The minimum atomic E-state index is -3.18. The number of hydrogen-bond acceptors (Lipinski definition) is 6. The lowest BCUT2D eigenvalue weighted by Gasteiger charge is -2.07. The fourth-order valence-electron chi connectivity index (χ4n) is 2.51. The zero-order chi connectivity index (χ0) is 18.0. The highest BCUT2D eigenvalue weighted by Gasteiger charge is 2.24. The summed E-state index contributed by atoms with van der Waals surface area (Å²) < 4.78 is 41.4. The Hall–Kier alpha value is -2.26. The summed E-state index contributed by atoms with van der Waals surface area (Å²) in [5.74, 6) is -0.634. The van der Waals surface area contributed by atoms with Crippen molar-refractivity contribution in [2.45, 2.75) is 6.42 Å². The van der Waals surface area contributed by atoms with Crippen molar-refractivity contribution in [1.29, 1.82) is 0 Å². The van der Waals surface area contributed by atoms with Crippen molar-refractivity contribution in [1.82, 2.24) is 4.98 Å². The molecule has 25 heavy (non-hydrogen) atoms. The molecule has 1 N–H and O–H groups in total. The lowest BCUT2D eigenvalue weighted by molar-refractivity contribution is -0.116. The molecule has 1 aliphatic heterocycles. The van der Waals surface area contributed by atoms with Crippen LogP contribution in [-0.2, 0) is 14.6 Å². The molecule has 0 radical (unpaired) electrons. The maximum atomic E-state index is 13.5. The second kappa shape index (κ2) is 6.93. The van der Waals surface area contributed by atoms with Gasteiger partial charge in [-0.15, -0.1) is 11.3 Å². The summed E-state index contributed by atoms with van der Waals surface area (Å²) in [6.45, 7) is 0. The molecule has 0 aliphatic carbocycles. The summed E-state index contributed by atoms with van der Waals surface area (Å²) >= 11 is 1.20. The monoisotopic (exact) mass is 382 g/mol. The molecule has 2 aromatic rings. The molecule has 6 nitrogen and oxygen atoms in total. The number of nitrogens with one attached hydrogen (secondary N) is 1. The third-order valence-electron chi connectivity index (χ3n) is 3.64. The van der Waals surface area contributed by atoms with Crippen LogP contribution < -0.4 is 10.1 Å². The third kappa shape index (κ3) is 4.23. The number of hydrogen-bond donors (Lipinski definition) is 1. The number of halogens is 1. The van der Waals surface area contributed by atoms with E-state index in [1.807, 2.05) is 0 Å². The SMILES string of the molecule is COc1ccc(F)cc1-c1csc(NC(=O)CC2C=CS(=O)(=O)C2)n1. The van der Waals surface area contributed by atoms with E-state index in [0.717, 1.165) is 5.41 Å². The Morgan fingerprint density at radius 3 is 2.96 bits per heavy atom. The molecule has 1 aromatic carbocycles. The van der Waals surface area contributed by atoms with Crippen LogP contribution in [0, 0.1) is 11.7 Å². The molecular weight excluding hydrogens is 367 g/mol. The van der Waals surface area contributed by atoms with Crippen LogP contribution in [0.2, 0.25) is 0 Å². The topological polar surface area (TPSA) is 85.4 Å². The summed E-state index contributed by atoms with van der Waals surface area (Å²) in [6, 6.07) is 4.11. The lowest BCUT2D eigenvalue weighted by atomic mass is 10.1. The number of rotatable bonds is 5. The Kier molecular flexibility index (Phi) is 4.87. The van der Waals surface area contributed by atoms with Crippen LogP contribution in [0.15, 0.2) is 35.1 Å². The fourth-order valence-corrected chi connectivity index (χ4v) is 4.64. The highest BCUT2D eigenvalue weighted by molar-refractivity contribution is 7.94. The van der Waals surface area contributed by atoms with Crippen LogP contribution in [-0.4, -0.2) is 32.2 Å². The van der Waals surface area contributed by atoms with Gasteiger partial charge in [-0.3, -0.25) is 4.79 Å². The molecule has 0 bridgehead atoms. The first-order valence-electron chi connectivity index (χ1n) is 7.36. The summed E-state index contributed by atoms with van der Waals surface area (Å²) in [7, 11) is -1.70. The lowest BCUT2D eigenvalue weighted by Crippen LogP contribution is -2.17.